The molecule has 2 rings (SSSR count). The third-order valence-corrected chi connectivity index (χ3v) is 3.68. The Morgan fingerprint density at radius 2 is 1.90 bits per heavy atom. The van der Waals surface area contributed by atoms with Crippen LogP contribution < -0.4 is 5.32 Å². The second kappa shape index (κ2) is 6.51. The van der Waals surface area contributed by atoms with E-state index in [1.54, 1.807) is 4.90 Å². The minimum atomic E-state index is -0.739. The molecule has 1 N–H and O–H groups in total. The summed E-state index contributed by atoms with van der Waals surface area (Å²) in [6, 6.07) is 2.03. The fourth-order valence-electron chi connectivity index (χ4n) is 2.52. The number of amides is 1. The zero-order chi connectivity index (χ0) is 15.4. The molecule has 1 saturated heterocycles. The minimum absolute atomic E-state index is 0.0624. The number of likely N-dealkylation sites (tertiary alicyclic amines) is 1. The topological polar surface area (TPSA) is 75.5 Å². The monoisotopic (exact) mass is 295 g/mol. The molecule has 0 unspecified atom stereocenters. The molecule has 7 heteroatoms. The summed E-state index contributed by atoms with van der Waals surface area (Å²) < 4.78 is 13.7. The van der Waals surface area contributed by atoms with Crippen LogP contribution in [0, 0.1) is 15.9 Å². The van der Waals surface area contributed by atoms with Crippen molar-refractivity contribution in [1.29, 1.82) is 0 Å². The molecule has 114 valence electrons. The highest BCUT2D eigenvalue weighted by atomic mass is 19.1. The summed E-state index contributed by atoms with van der Waals surface area (Å²) in [7, 11) is 1.50. The van der Waals surface area contributed by atoms with Gasteiger partial charge in [-0.05, 0) is 18.9 Å². The lowest BCUT2D eigenvalue weighted by molar-refractivity contribution is -0.385. The van der Waals surface area contributed by atoms with Gasteiger partial charge in [0.1, 0.15) is 5.56 Å². The fraction of sp³-hybridized carbons (Fsp3) is 0.500. The fourth-order valence-corrected chi connectivity index (χ4v) is 2.52. The van der Waals surface area contributed by atoms with Gasteiger partial charge in [0.2, 0.25) is 0 Å². The van der Waals surface area contributed by atoms with Gasteiger partial charge in [-0.2, -0.15) is 0 Å². The van der Waals surface area contributed by atoms with Crippen LogP contribution in [-0.4, -0.2) is 35.9 Å². The first kappa shape index (κ1) is 15.2. The molecule has 1 fully saturated rings. The third-order valence-electron chi connectivity index (χ3n) is 3.68. The number of nitrogens with one attached hydrogen (secondary N) is 1. The van der Waals surface area contributed by atoms with Crippen LogP contribution in [0.25, 0.3) is 0 Å². The molecule has 6 nitrogen and oxygen atoms in total. The summed E-state index contributed by atoms with van der Waals surface area (Å²) in [4.78, 5) is 24.5. The van der Waals surface area contributed by atoms with Crippen LogP contribution in [0.3, 0.4) is 0 Å². The van der Waals surface area contributed by atoms with Gasteiger partial charge in [0.05, 0.1) is 16.7 Å². The smallest absolute Gasteiger partial charge is 0.285 e. The zero-order valence-corrected chi connectivity index (χ0v) is 11.9. The number of nitrogens with zero attached hydrogens (tertiary/aromatic N) is 2. The Morgan fingerprint density at radius 1 is 1.29 bits per heavy atom. The van der Waals surface area contributed by atoms with Crippen LogP contribution in [0.15, 0.2) is 12.1 Å². The summed E-state index contributed by atoms with van der Waals surface area (Å²) in [5, 5.41) is 13.7. The molecule has 1 aliphatic rings. The van der Waals surface area contributed by atoms with E-state index in [4.69, 9.17) is 0 Å². The van der Waals surface area contributed by atoms with Crippen LogP contribution in [0.5, 0.6) is 0 Å². The average molecular weight is 295 g/mol. The summed E-state index contributed by atoms with van der Waals surface area (Å²) in [5.41, 5.74) is -0.466. The van der Waals surface area contributed by atoms with Crippen LogP contribution in [-0.2, 0) is 0 Å². The van der Waals surface area contributed by atoms with Gasteiger partial charge in [-0.25, -0.2) is 4.39 Å². The molecule has 0 aliphatic carbocycles. The highest BCUT2D eigenvalue weighted by Crippen LogP contribution is 2.27. The Hall–Kier alpha value is -2.18. The molecule has 1 heterocycles. The second-order valence-corrected chi connectivity index (χ2v) is 5.06. The Labute approximate surface area is 122 Å². The van der Waals surface area contributed by atoms with Crippen LogP contribution >= 0.6 is 0 Å². The van der Waals surface area contributed by atoms with E-state index in [9.17, 15) is 19.3 Å². The highest BCUT2D eigenvalue weighted by Gasteiger charge is 2.27. The van der Waals surface area contributed by atoms with Gasteiger partial charge < -0.3 is 10.2 Å². The first-order chi connectivity index (χ1) is 10.0. The number of hydrogen-bond donors (Lipinski definition) is 1. The van der Waals surface area contributed by atoms with E-state index in [1.165, 1.54) is 13.1 Å². The van der Waals surface area contributed by atoms with Crippen molar-refractivity contribution < 1.29 is 14.1 Å². The van der Waals surface area contributed by atoms with Gasteiger partial charge in [-0.15, -0.1) is 0 Å². The van der Waals surface area contributed by atoms with Gasteiger partial charge in [0.15, 0.2) is 5.82 Å². The number of hydrogen-bond acceptors (Lipinski definition) is 4. The van der Waals surface area contributed by atoms with E-state index < -0.39 is 22.3 Å². The van der Waals surface area contributed by atoms with Gasteiger partial charge in [-0.3, -0.25) is 14.9 Å². The summed E-state index contributed by atoms with van der Waals surface area (Å²) in [6.45, 7) is 1.17. The molecule has 0 spiro atoms. The molecular weight excluding hydrogens is 277 g/mol. The first-order valence-corrected chi connectivity index (χ1v) is 6.99. The number of nitro benzene ring substituents is 1. The largest absolute Gasteiger partial charge is 0.386 e. The van der Waals surface area contributed by atoms with E-state index >= 15 is 0 Å². The number of carbonyl (C=O) groups is 1. The van der Waals surface area contributed by atoms with Crippen molar-refractivity contribution >= 4 is 17.3 Å². The van der Waals surface area contributed by atoms with Gasteiger partial charge in [0, 0.05) is 20.1 Å². The number of carbonyl (C=O) groups excluding carboxylic acids is 1. The van der Waals surface area contributed by atoms with E-state index in [0.717, 1.165) is 31.7 Å². The van der Waals surface area contributed by atoms with E-state index in [2.05, 4.69) is 5.32 Å². The van der Waals surface area contributed by atoms with Crippen molar-refractivity contribution in [3.8, 4) is 0 Å². The zero-order valence-electron chi connectivity index (χ0n) is 11.9. The second-order valence-electron chi connectivity index (χ2n) is 5.06. The van der Waals surface area contributed by atoms with Gasteiger partial charge in [0.25, 0.3) is 11.6 Å². The Bertz CT molecular complexity index is 555. The maximum Gasteiger partial charge on any atom is 0.285 e. The van der Waals surface area contributed by atoms with Gasteiger partial charge >= 0.3 is 0 Å². The molecule has 0 radical (unpaired) electrons. The van der Waals surface area contributed by atoms with E-state index in [-0.39, 0.29) is 11.3 Å². The van der Waals surface area contributed by atoms with Gasteiger partial charge in [-0.1, -0.05) is 12.8 Å². The number of rotatable bonds is 3. The highest BCUT2D eigenvalue weighted by molar-refractivity contribution is 5.99. The quantitative estimate of drug-likeness (QED) is 0.687. The standard InChI is InChI=1S/C14H18FN3O3/c1-16-12-8-10(13(18(20)21)9-11(12)15)14(19)17-6-4-2-3-5-7-17/h8-9,16H,2-7H2,1H3. The minimum Gasteiger partial charge on any atom is -0.386 e. The normalized spacial score (nSPS) is 15.4. The Morgan fingerprint density at radius 3 is 2.43 bits per heavy atom. The molecule has 21 heavy (non-hydrogen) atoms. The van der Waals surface area contributed by atoms with Crippen molar-refractivity contribution in [2.24, 2.45) is 0 Å². The Kier molecular flexibility index (Phi) is 4.72. The Balaban J connectivity index is 2.40. The van der Waals surface area contributed by atoms with Crippen molar-refractivity contribution in [2.75, 3.05) is 25.5 Å². The SMILES string of the molecule is CNc1cc(C(=O)N2CCCCCC2)c([N+](=O)[O-])cc1F. The van der Waals surface area contributed by atoms with Crippen LogP contribution in [0.2, 0.25) is 0 Å². The molecule has 1 aromatic carbocycles. The van der Waals surface area contributed by atoms with Crippen molar-refractivity contribution in [3.63, 3.8) is 0 Å². The summed E-state index contributed by atoms with van der Waals surface area (Å²) >= 11 is 0. The molecule has 0 saturated carbocycles. The molecule has 1 amide bonds. The number of halogens is 1. The first-order valence-electron chi connectivity index (χ1n) is 6.99. The van der Waals surface area contributed by atoms with E-state index in [1.807, 2.05) is 0 Å². The van der Waals surface area contributed by atoms with Crippen molar-refractivity contribution in [1.82, 2.24) is 4.90 Å². The molecule has 1 aromatic rings. The number of anilines is 1. The van der Waals surface area contributed by atoms with Crippen molar-refractivity contribution in [2.45, 2.75) is 25.7 Å². The lowest BCUT2D eigenvalue weighted by Gasteiger charge is -2.20. The molecule has 0 atom stereocenters. The predicted octanol–water partition coefficient (Wildman–Crippen LogP) is 2.79. The molecular formula is C14H18FN3O3. The average Bonchev–Trinajstić information content (AvgIpc) is 2.75. The van der Waals surface area contributed by atoms with Crippen LogP contribution in [0.4, 0.5) is 15.8 Å². The number of nitro groups is 1. The molecule has 0 aromatic heterocycles. The lowest BCUT2D eigenvalue weighted by Crippen LogP contribution is -2.32. The molecule has 0 bridgehead atoms. The summed E-state index contributed by atoms with van der Waals surface area (Å²) in [6.07, 6.45) is 3.88. The maximum atomic E-state index is 13.7. The molecule has 1 aliphatic heterocycles. The predicted molar refractivity (Wildman–Crippen MR) is 77.0 cm³/mol. The summed E-state index contributed by atoms with van der Waals surface area (Å²) in [5.74, 6) is -1.14. The van der Waals surface area contributed by atoms with Crippen LogP contribution in [0.1, 0.15) is 36.0 Å². The van der Waals surface area contributed by atoms with Crippen molar-refractivity contribution in [3.05, 3.63) is 33.6 Å². The lowest BCUT2D eigenvalue weighted by atomic mass is 10.1. The third kappa shape index (κ3) is 3.29. The number of benzene rings is 1. The maximum absolute atomic E-state index is 13.7. The van der Waals surface area contributed by atoms with E-state index in [0.29, 0.717) is 13.1 Å².